The van der Waals surface area contributed by atoms with Gasteiger partial charge in [0.1, 0.15) is 5.56 Å². The molecule has 1 N–H and O–H groups in total. The van der Waals surface area contributed by atoms with Gasteiger partial charge in [-0.3, -0.25) is 4.68 Å². The zero-order valence-electron chi connectivity index (χ0n) is 18.0. The van der Waals surface area contributed by atoms with Crippen LogP contribution >= 0.6 is 0 Å². The van der Waals surface area contributed by atoms with E-state index < -0.39 is 5.97 Å². The summed E-state index contributed by atoms with van der Waals surface area (Å²) in [5.74, 6) is 1.18. The number of pyridine rings is 1. The van der Waals surface area contributed by atoms with E-state index in [0.717, 1.165) is 16.6 Å². The molecule has 0 atom stereocenters. The molecule has 0 amide bonds. The number of anilines is 1. The van der Waals surface area contributed by atoms with Crippen molar-refractivity contribution < 1.29 is 23.7 Å². The highest BCUT2D eigenvalue weighted by Gasteiger charge is 2.21. The number of methoxy groups -OCH3 is 3. The van der Waals surface area contributed by atoms with Crippen LogP contribution in [0.3, 0.4) is 0 Å². The smallest absolute Gasteiger partial charge is 0.341 e. The minimum atomic E-state index is -0.442. The fourth-order valence-electron chi connectivity index (χ4n) is 3.39. The molecule has 30 heavy (non-hydrogen) atoms. The second-order valence-electron chi connectivity index (χ2n) is 6.56. The monoisotopic (exact) mass is 414 g/mol. The van der Waals surface area contributed by atoms with Crippen LogP contribution in [0.2, 0.25) is 0 Å². The number of aromatic nitrogens is 3. The van der Waals surface area contributed by atoms with E-state index >= 15 is 0 Å². The number of nitrogens with zero attached hydrogens (tertiary/aromatic N) is 3. The molecule has 2 heterocycles. The standard InChI is InChI=1S/C21H26N4O5/c1-7-30-21(26)14-11-23-20-17(12(2)24-25(20)3)18(14)22-10-13-8-15(27-4)19(29-6)16(9-13)28-5/h8-9,11H,7,10H2,1-6H3,(H,22,23). The quantitative estimate of drug-likeness (QED) is 0.562. The lowest BCUT2D eigenvalue weighted by Crippen LogP contribution is -2.11. The molecule has 1 aromatic carbocycles. The first-order valence-corrected chi connectivity index (χ1v) is 9.47. The molecular weight excluding hydrogens is 388 g/mol. The van der Waals surface area contributed by atoms with Crippen LogP contribution in [0.15, 0.2) is 18.3 Å². The van der Waals surface area contributed by atoms with Crippen LogP contribution in [0.4, 0.5) is 5.69 Å². The number of carbonyl (C=O) groups is 1. The summed E-state index contributed by atoms with van der Waals surface area (Å²) in [4.78, 5) is 16.9. The maximum Gasteiger partial charge on any atom is 0.341 e. The summed E-state index contributed by atoms with van der Waals surface area (Å²) in [5.41, 5.74) is 3.29. The summed E-state index contributed by atoms with van der Waals surface area (Å²) >= 11 is 0. The second-order valence-corrected chi connectivity index (χ2v) is 6.56. The number of ether oxygens (including phenoxy) is 4. The fourth-order valence-corrected chi connectivity index (χ4v) is 3.39. The number of benzene rings is 1. The van der Waals surface area contributed by atoms with Gasteiger partial charge in [-0.15, -0.1) is 0 Å². The second kappa shape index (κ2) is 8.89. The molecular formula is C21H26N4O5. The lowest BCUT2D eigenvalue weighted by atomic mass is 10.1. The molecule has 0 radical (unpaired) electrons. The topological polar surface area (TPSA) is 96.7 Å². The van der Waals surface area contributed by atoms with Gasteiger partial charge in [0.2, 0.25) is 5.75 Å². The van der Waals surface area contributed by atoms with Gasteiger partial charge in [0.25, 0.3) is 0 Å². The predicted molar refractivity (Wildman–Crippen MR) is 113 cm³/mol. The van der Waals surface area contributed by atoms with Gasteiger partial charge in [-0.2, -0.15) is 5.10 Å². The molecule has 0 saturated heterocycles. The van der Waals surface area contributed by atoms with Crippen molar-refractivity contribution in [2.24, 2.45) is 7.05 Å². The van der Waals surface area contributed by atoms with Crippen LogP contribution in [0, 0.1) is 6.92 Å². The van der Waals surface area contributed by atoms with E-state index in [-0.39, 0.29) is 6.61 Å². The van der Waals surface area contributed by atoms with Gasteiger partial charge in [-0.25, -0.2) is 9.78 Å². The van der Waals surface area contributed by atoms with Crippen molar-refractivity contribution >= 4 is 22.7 Å². The Labute approximate surface area is 174 Å². The Morgan fingerprint density at radius 3 is 2.37 bits per heavy atom. The number of hydrogen-bond acceptors (Lipinski definition) is 8. The lowest BCUT2D eigenvalue weighted by molar-refractivity contribution is 0.0527. The van der Waals surface area contributed by atoms with Crippen molar-refractivity contribution in [2.75, 3.05) is 33.3 Å². The molecule has 0 aliphatic rings. The Morgan fingerprint density at radius 2 is 1.80 bits per heavy atom. The molecule has 3 rings (SSSR count). The van der Waals surface area contributed by atoms with E-state index in [0.29, 0.717) is 40.7 Å². The van der Waals surface area contributed by atoms with Gasteiger partial charge in [-0.05, 0) is 31.5 Å². The average molecular weight is 414 g/mol. The van der Waals surface area contributed by atoms with Crippen molar-refractivity contribution in [1.29, 1.82) is 0 Å². The van der Waals surface area contributed by atoms with Crippen LogP contribution in [-0.2, 0) is 18.3 Å². The lowest BCUT2D eigenvalue weighted by Gasteiger charge is -2.16. The molecule has 2 aromatic heterocycles. The maximum absolute atomic E-state index is 12.5. The zero-order valence-corrected chi connectivity index (χ0v) is 18.0. The summed E-state index contributed by atoms with van der Waals surface area (Å²) in [5, 5.41) is 8.57. The van der Waals surface area contributed by atoms with Gasteiger partial charge in [0.15, 0.2) is 17.1 Å². The first-order valence-electron chi connectivity index (χ1n) is 9.47. The SMILES string of the molecule is CCOC(=O)c1cnc2c(c(C)nn2C)c1NCc1cc(OC)c(OC)c(OC)c1. The maximum atomic E-state index is 12.5. The highest BCUT2D eigenvalue weighted by molar-refractivity contribution is 6.05. The van der Waals surface area contributed by atoms with E-state index in [2.05, 4.69) is 15.4 Å². The van der Waals surface area contributed by atoms with E-state index in [1.165, 1.54) is 6.20 Å². The van der Waals surface area contributed by atoms with Crippen LogP contribution < -0.4 is 19.5 Å². The van der Waals surface area contributed by atoms with Gasteiger partial charge in [0.05, 0.1) is 44.7 Å². The summed E-state index contributed by atoms with van der Waals surface area (Å²) < 4.78 is 23.1. The Balaban J connectivity index is 2.05. The van der Waals surface area contributed by atoms with Crippen LogP contribution in [0.1, 0.15) is 28.5 Å². The highest BCUT2D eigenvalue weighted by atomic mass is 16.5. The molecule has 160 valence electrons. The minimum absolute atomic E-state index is 0.273. The molecule has 3 aromatic rings. The number of nitrogens with one attached hydrogen (secondary N) is 1. The average Bonchev–Trinajstić information content (AvgIpc) is 3.04. The molecule has 0 saturated carbocycles. The number of carbonyl (C=O) groups excluding carboxylic acids is 1. The van der Waals surface area contributed by atoms with Gasteiger partial charge < -0.3 is 24.3 Å². The summed E-state index contributed by atoms with van der Waals surface area (Å²) in [7, 11) is 6.51. The van der Waals surface area contributed by atoms with E-state index in [1.807, 2.05) is 26.1 Å². The molecule has 0 aliphatic carbocycles. The third-order valence-corrected chi connectivity index (χ3v) is 4.72. The third kappa shape index (κ3) is 3.83. The van der Waals surface area contributed by atoms with Crippen LogP contribution in [0.25, 0.3) is 11.0 Å². The summed E-state index contributed by atoms with van der Waals surface area (Å²) in [6.07, 6.45) is 1.51. The Bertz CT molecular complexity index is 1050. The number of fused-ring (bicyclic) bond motifs is 1. The largest absolute Gasteiger partial charge is 0.493 e. The van der Waals surface area contributed by atoms with Crippen LogP contribution in [0.5, 0.6) is 17.2 Å². The first kappa shape index (κ1) is 21.2. The van der Waals surface area contributed by atoms with Crippen molar-refractivity contribution in [3.63, 3.8) is 0 Å². The number of aryl methyl sites for hydroxylation is 2. The molecule has 9 nitrogen and oxygen atoms in total. The van der Waals surface area contributed by atoms with Crippen molar-refractivity contribution in [2.45, 2.75) is 20.4 Å². The van der Waals surface area contributed by atoms with Gasteiger partial charge in [0, 0.05) is 19.8 Å². The van der Waals surface area contributed by atoms with Gasteiger partial charge >= 0.3 is 5.97 Å². The van der Waals surface area contributed by atoms with Gasteiger partial charge in [-0.1, -0.05) is 0 Å². The molecule has 0 aliphatic heterocycles. The number of rotatable bonds is 8. The highest BCUT2D eigenvalue weighted by Crippen LogP contribution is 2.38. The van der Waals surface area contributed by atoms with E-state index in [1.54, 1.807) is 32.9 Å². The van der Waals surface area contributed by atoms with E-state index in [9.17, 15) is 4.79 Å². The number of hydrogen-bond donors (Lipinski definition) is 1. The third-order valence-electron chi connectivity index (χ3n) is 4.72. The van der Waals surface area contributed by atoms with Crippen molar-refractivity contribution in [3.05, 3.63) is 35.2 Å². The Hall–Kier alpha value is -3.49. The zero-order chi connectivity index (χ0) is 21.8. The predicted octanol–water partition coefficient (Wildman–Crippen LogP) is 3.09. The molecule has 0 fully saturated rings. The van der Waals surface area contributed by atoms with Crippen molar-refractivity contribution in [3.8, 4) is 17.2 Å². The molecule has 0 bridgehead atoms. The summed E-state index contributed by atoms with van der Waals surface area (Å²) in [6, 6.07) is 3.71. The van der Waals surface area contributed by atoms with Crippen LogP contribution in [-0.4, -0.2) is 48.7 Å². The Kier molecular flexibility index (Phi) is 6.29. The van der Waals surface area contributed by atoms with Crippen molar-refractivity contribution in [1.82, 2.24) is 14.8 Å². The van der Waals surface area contributed by atoms with E-state index in [4.69, 9.17) is 18.9 Å². The minimum Gasteiger partial charge on any atom is -0.493 e. The first-order chi connectivity index (χ1) is 14.4. The number of esters is 1. The molecule has 0 unspecified atom stereocenters. The molecule has 9 heteroatoms. The normalized spacial score (nSPS) is 10.7. The summed E-state index contributed by atoms with van der Waals surface area (Å²) in [6.45, 7) is 4.32. The Morgan fingerprint density at radius 1 is 1.13 bits per heavy atom. The molecule has 0 spiro atoms. The fraction of sp³-hybridized carbons (Fsp3) is 0.381.